The van der Waals surface area contributed by atoms with Crippen LogP contribution in [0.3, 0.4) is 0 Å². The molecule has 0 aliphatic heterocycles. The van der Waals surface area contributed by atoms with E-state index < -0.39 is 0 Å². The van der Waals surface area contributed by atoms with Crippen molar-refractivity contribution in [3.05, 3.63) is 23.0 Å². The summed E-state index contributed by atoms with van der Waals surface area (Å²) in [6, 6.07) is 2.13. The Kier molecular flexibility index (Phi) is 1.56. The average molecular weight is 163 g/mol. The van der Waals surface area contributed by atoms with Crippen LogP contribution in [0, 0.1) is 6.92 Å². The number of carbonyl (C=O) groups is 1. The summed E-state index contributed by atoms with van der Waals surface area (Å²) in [6.07, 6.45) is 2.82. The zero-order chi connectivity index (χ0) is 8.72. The van der Waals surface area contributed by atoms with E-state index in [4.69, 9.17) is 0 Å². The molecule has 0 fully saturated rings. The number of nitrogens with zero attached hydrogens (tertiary/aromatic N) is 1. The van der Waals surface area contributed by atoms with Gasteiger partial charge in [-0.15, -0.1) is 0 Å². The van der Waals surface area contributed by atoms with Gasteiger partial charge in [0.15, 0.2) is 5.78 Å². The fourth-order valence-corrected chi connectivity index (χ4v) is 1.92. The van der Waals surface area contributed by atoms with Crippen molar-refractivity contribution in [3.8, 4) is 0 Å². The van der Waals surface area contributed by atoms with Crippen molar-refractivity contribution >= 4 is 5.78 Å². The normalized spacial score (nSPS) is 16.3. The van der Waals surface area contributed by atoms with E-state index in [0.29, 0.717) is 5.78 Å². The number of Topliss-reactive ketones (excluding diaryl/α,β-unsaturated/α-hetero) is 1. The molecule has 1 aromatic rings. The van der Waals surface area contributed by atoms with E-state index in [1.54, 1.807) is 0 Å². The second-order valence-electron chi connectivity index (χ2n) is 3.50. The van der Waals surface area contributed by atoms with E-state index in [0.717, 1.165) is 25.0 Å². The Morgan fingerprint density at radius 3 is 2.83 bits per heavy atom. The maximum atomic E-state index is 11.5. The van der Waals surface area contributed by atoms with E-state index in [2.05, 4.69) is 6.07 Å². The summed E-state index contributed by atoms with van der Waals surface area (Å²) in [4.78, 5) is 11.5. The molecular formula is C10H13NO. The fourth-order valence-electron chi connectivity index (χ4n) is 1.92. The lowest BCUT2D eigenvalue weighted by Gasteiger charge is -2.11. The molecule has 0 amide bonds. The molecule has 1 aliphatic carbocycles. The molecule has 0 saturated carbocycles. The predicted octanol–water partition coefficient (Wildman–Crippen LogP) is 1.85. The van der Waals surface area contributed by atoms with Crippen molar-refractivity contribution in [3.63, 3.8) is 0 Å². The lowest BCUT2D eigenvalue weighted by Crippen LogP contribution is -2.13. The summed E-state index contributed by atoms with van der Waals surface area (Å²) in [5, 5.41) is 0. The van der Waals surface area contributed by atoms with Crippen molar-refractivity contribution in [2.45, 2.75) is 26.2 Å². The van der Waals surface area contributed by atoms with Crippen molar-refractivity contribution in [1.82, 2.24) is 4.57 Å². The Morgan fingerprint density at radius 1 is 1.42 bits per heavy atom. The summed E-state index contributed by atoms with van der Waals surface area (Å²) < 4.78 is 2.01. The molecule has 1 aliphatic rings. The fraction of sp³-hybridized carbons (Fsp3) is 0.500. The molecule has 0 radical (unpaired) electrons. The predicted molar refractivity (Wildman–Crippen MR) is 47.4 cm³/mol. The summed E-state index contributed by atoms with van der Waals surface area (Å²) in [7, 11) is 1.97. The van der Waals surface area contributed by atoms with Crippen LogP contribution in [-0.4, -0.2) is 10.4 Å². The molecular weight excluding hydrogens is 150 g/mol. The van der Waals surface area contributed by atoms with E-state index in [1.807, 2.05) is 18.5 Å². The first-order valence-corrected chi connectivity index (χ1v) is 4.38. The van der Waals surface area contributed by atoms with Crippen LogP contribution >= 0.6 is 0 Å². The first kappa shape index (κ1) is 7.59. The maximum absolute atomic E-state index is 11.5. The zero-order valence-electron chi connectivity index (χ0n) is 7.55. The van der Waals surface area contributed by atoms with Gasteiger partial charge >= 0.3 is 0 Å². The van der Waals surface area contributed by atoms with Crippen LogP contribution in [-0.2, 0) is 13.5 Å². The monoisotopic (exact) mass is 163 g/mol. The van der Waals surface area contributed by atoms with E-state index in [9.17, 15) is 4.79 Å². The average Bonchev–Trinajstić information content (AvgIpc) is 2.29. The summed E-state index contributed by atoms with van der Waals surface area (Å²) in [5.74, 6) is 0.312. The number of hydrogen-bond donors (Lipinski definition) is 0. The van der Waals surface area contributed by atoms with Gasteiger partial charge in [-0.25, -0.2) is 0 Å². The van der Waals surface area contributed by atoms with Crippen molar-refractivity contribution in [2.75, 3.05) is 0 Å². The second-order valence-corrected chi connectivity index (χ2v) is 3.50. The third-order valence-electron chi connectivity index (χ3n) is 2.67. The number of aromatic nitrogens is 1. The number of hydrogen-bond acceptors (Lipinski definition) is 1. The number of fused-ring (bicyclic) bond motifs is 1. The van der Waals surface area contributed by atoms with Gasteiger partial charge in [-0.05, 0) is 31.4 Å². The third-order valence-corrected chi connectivity index (χ3v) is 2.67. The Balaban J connectivity index is 2.61. The molecule has 1 aromatic heterocycles. The maximum Gasteiger partial charge on any atom is 0.179 e. The first-order valence-electron chi connectivity index (χ1n) is 4.38. The quantitative estimate of drug-likeness (QED) is 0.572. The highest BCUT2D eigenvalue weighted by Gasteiger charge is 2.21. The largest absolute Gasteiger partial charge is 0.345 e. The van der Waals surface area contributed by atoms with Gasteiger partial charge in [0.25, 0.3) is 0 Å². The molecule has 2 rings (SSSR count). The van der Waals surface area contributed by atoms with Gasteiger partial charge in [0, 0.05) is 19.2 Å². The summed E-state index contributed by atoms with van der Waals surface area (Å²) in [6.45, 7) is 2.05. The molecule has 64 valence electrons. The van der Waals surface area contributed by atoms with Gasteiger partial charge in [0.05, 0.1) is 5.69 Å². The second kappa shape index (κ2) is 2.47. The van der Waals surface area contributed by atoms with Gasteiger partial charge in [-0.3, -0.25) is 4.79 Å². The topological polar surface area (TPSA) is 22.0 Å². The highest BCUT2D eigenvalue weighted by molar-refractivity contribution is 5.97. The van der Waals surface area contributed by atoms with Crippen LogP contribution in [0.2, 0.25) is 0 Å². The smallest absolute Gasteiger partial charge is 0.179 e. The Labute approximate surface area is 72.2 Å². The van der Waals surface area contributed by atoms with Crippen LogP contribution in [0.5, 0.6) is 0 Å². The van der Waals surface area contributed by atoms with Crippen molar-refractivity contribution < 1.29 is 4.79 Å². The minimum Gasteiger partial charge on any atom is -0.345 e. The molecule has 0 aromatic carbocycles. The SMILES string of the molecule is Cc1cc2c(n1C)C(=O)CCC2. The van der Waals surface area contributed by atoms with E-state index in [-0.39, 0.29) is 0 Å². The first-order chi connectivity index (χ1) is 5.70. The molecule has 0 atom stereocenters. The van der Waals surface area contributed by atoms with Gasteiger partial charge in [-0.1, -0.05) is 0 Å². The van der Waals surface area contributed by atoms with Gasteiger partial charge in [0.2, 0.25) is 0 Å². The molecule has 12 heavy (non-hydrogen) atoms. The Hall–Kier alpha value is -1.05. The lowest BCUT2D eigenvalue weighted by molar-refractivity contribution is 0.0964. The van der Waals surface area contributed by atoms with Crippen molar-refractivity contribution in [2.24, 2.45) is 7.05 Å². The highest BCUT2D eigenvalue weighted by atomic mass is 16.1. The third kappa shape index (κ3) is 0.909. The van der Waals surface area contributed by atoms with Crippen LogP contribution in [0.25, 0.3) is 0 Å². The van der Waals surface area contributed by atoms with Crippen LogP contribution < -0.4 is 0 Å². The zero-order valence-corrected chi connectivity index (χ0v) is 7.55. The number of ketones is 1. The van der Waals surface area contributed by atoms with Crippen LogP contribution in [0.1, 0.15) is 34.6 Å². The minimum absolute atomic E-state index is 0.312. The van der Waals surface area contributed by atoms with Crippen LogP contribution in [0.15, 0.2) is 6.07 Å². The van der Waals surface area contributed by atoms with Crippen LogP contribution in [0.4, 0.5) is 0 Å². The lowest BCUT2D eigenvalue weighted by atomic mass is 9.97. The molecule has 0 bridgehead atoms. The van der Waals surface area contributed by atoms with Gasteiger partial charge in [0.1, 0.15) is 0 Å². The molecule has 0 N–H and O–H groups in total. The molecule has 2 heteroatoms. The van der Waals surface area contributed by atoms with Gasteiger partial charge < -0.3 is 4.57 Å². The Bertz CT molecular complexity index is 336. The molecule has 0 saturated heterocycles. The number of aryl methyl sites for hydroxylation is 2. The number of carbonyl (C=O) groups excluding carboxylic acids is 1. The Morgan fingerprint density at radius 2 is 2.17 bits per heavy atom. The van der Waals surface area contributed by atoms with Gasteiger partial charge in [-0.2, -0.15) is 0 Å². The molecule has 0 unspecified atom stereocenters. The molecule has 2 nitrogen and oxygen atoms in total. The van der Waals surface area contributed by atoms with E-state index >= 15 is 0 Å². The summed E-state index contributed by atoms with van der Waals surface area (Å²) in [5.41, 5.74) is 3.38. The number of rotatable bonds is 0. The molecule has 0 spiro atoms. The van der Waals surface area contributed by atoms with Crippen molar-refractivity contribution in [1.29, 1.82) is 0 Å². The highest BCUT2D eigenvalue weighted by Crippen LogP contribution is 2.23. The standard InChI is InChI=1S/C10H13NO/c1-7-6-8-4-3-5-9(12)10(8)11(7)2/h6H,3-5H2,1-2H3. The van der Waals surface area contributed by atoms with E-state index in [1.165, 1.54) is 11.3 Å². The molecule has 1 heterocycles. The summed E-state index contributed by atoms with van der Waals surface area (Å²) >= 11 is 0. The minimum atomic E-state index is 0.312.